The Kier molecular flexibility index (Phi) is 5.23. The van der Waals surface area contributed by atoms with Crippen LogP contribution in [0.5, 0.6) is 0 Å². The van der Waals surface area contributed by atoms with E-state index in [2.05, 4.69) is 18.7 Å². The number of morpholine rings is 1. The number of rotatable bonds is 4. The van der Waals surface area contributed by atoms with E-state index in [1.165, 1.54) is 16.8 Å². The van der Waals surface area contributed by atoms with Gasteiger partial charge < -0.3 is 4.74 Å². The average molecular weight is 398 g/mol. The van der Waals surface area contributed by atoms with Crippen molar-refractivity contribution < 1.29 is 18.9 Å². The molecule has 0 saturated carbocycles. The van der Waals surface area contributed by atoms with Crippen molar-refractivity contribution in [2.45, 2.75) is 38.6 Å². The van der Waals surface area contributed by atoms with Crippen LogP contribution in [0.3, 0.4) is 0 Å². The number of benzene rings is 1. The van der Waals surface area contributed by atoms with Gasteiger partial charge in [0, 0.05) is 27.2 Å². The fourth-order valence-corrected chi connectivity index (χ4v) is 4.35. The van der Waals surface area contributed by atoms with Crippen LogP contribution in [0.25, 0.3) is 0 Å². The second-order valence-corrected chi connectivity index (χ2v) is 8.09. The number of hydrogen-bond donors (Lipinski definition) is 0. The van der Waals surface area contributed by atoms with Crippen molar-refractivity contribution in [2.75, 3.05) is 33.7 Å². The second kappa shape index (κ2) is 7.68. The maximum Gasteiger partial charge on any atom is 0.333 e. The first-order valence-corrected chi connectivity index (χ1v) is 10.0. The second-order valence-electron chi connectivity index (χ2n) is 8.09. The highest BCUT2D eigenvalue weighted by molar-refractivity contribution is 6.23. The average Bonchev–Trinajstić information content (AvgIpc) is 3.03. The number of amides is 3. The summed E-state index contributed by atoms with van der Waals surface area (Å²) in [6.45, 7) is 6.94. The van der Waals surface area contributed by atoms with E-state index in [9.17, 15) is 9.59 Å². The number of urea groups is 1. The number of likely N-dealkylation sites (N-methyl/N-ethyl adjacent to an activating group) is 2. The van der Waals surface area contributed by atoms with Gasteiger partial charge in [-0.1, -0.05) is 30.3 Å². The lowest BCUT2D eigenvalue weighted by atomic mass is 10.1. The van der Waals surface area contributed by atoms with E-state index in [1.54, 1.807) is 7.05 Å². The highest BCUT2D eigenvalue weighted by Gasteiger charge is 2.53. The number of imide groups is 1. The van der Waals surface area contributed by atoms with E-state index < -0.39 is 6.04 Å². The summed E-state index contributed by atoms with van der Waals surface area (Å²) in [5.74, 6) is 1.10. The molecule has 2 fully saturated rings. The van der Waals surface area contributed by atoms with Crippen molar-refractivity contribution >= 4 is 23.6 Å². The number of carbonyl (C=O) groups excluding carboxylic acids is 2. The maximum atomic E-state index is 13.0. The molecule has 0 N–H and O–H groups in total. The van der Waals surface area contributed by atoms with E-state index in [0.29, 0.717) is 18.9 Å². The predicted octanol–water partition coefficient (Wildman–Crippen LogP) is 1.01. The fourth-order valence-electron chi connectivity index (χ4n) is 4.35. The molecule has 154 valence electrons. The number of ether oxygens (including phenoxy) is 1. The number of hydrogen-bond acceptors (Lipinski definition) is 5. The zero-order chi connectivity index (χ0) is 20.7. The fraction of sp³-hybridized carbons (Fsp3) is 0.524. The molecule has 0 radical (unpaired) electrons. The zero-order valence-corrected chi connectivity index (χ0v) is 17.4. The molecule has 3 aliphatic heterocycles. The predicted molar refractivity (Wildman–Crippen MR) is 109 cm³/mol. The van der Waals surface area contributed by atoms with Crippen LogP contribution in [0.2, 0.25) is 0 Å². The first-order valence-electron chi connectivity index (χ1n) is 10.0. The monoisotopic (exact) mass is 398 g/mol. The number of carbonyl (C=O) groups is 2. The quantitative estimate of drug-likeness (QED) is 0.710. The van der Waals surface area contributed by atoms with Gasteiger partial charge in [0.15, 0.2) is 0 Å². The third-order valence-corrected chi connectivity index (χ3v) is 5.67. The largest absolute Gasteiger partial charge is 0.373 e. The molecular weight excluding hydrogens is 370 g/mol. The van der Waals surface area contributed by atoms with Gasteiger partial charge in [0.1, 0.15) is 13.1 Å². The molecule has 3 unspecified atom stereocenters. The normalized spacial score (nSPS) is 28.1. The number of fused-ring (bicyclic) bond motifs is 1. The molecule has 0 aliphatic carbocycles. The highest BCUT2D eigenvalue weighted by atomic mass is 16.5. The summed E-state index contributed by atoms with van der Waals surface area (Å²) in [6.07, 6.45) is 0.297. The van der Waals surface area contributed by atoms with Crippen LogP contribution in [0.15, 0.2) is 35.3 Å². The number of amidine groups is 2. The minimum atomic E-state index is -0.575. The Bertz CT molecular complexity index is 872. The first-order chi connectivity index (χ1) is 13.8. The van der Waals surface area contributed by atoms with E-state index in [4.69, 9.17) is 9.73 Å². The Balaban J connectivity index is 1.69. The maximum absolute atomic E-state index is 13.0. The molecule has 2 saturated heterocycles. The molecule has 8 nitrogen and oxygen atoms in total. The van der Waals surface area contributed by atoms with Crippen LogP contribution in [-0.2, 0) is 16.1 Å². The lowest BCUT2D eigenvalue weighted by molar-refractivity contribution is -0.552. The Morgan fingerprint density at radius 3 is 2.38 bits per heavy atom. The Morgan fingerprint density at radius 2 is 1.72 bits per heavy atom. The van der Waals surface area contributed by atoms with Crippen molar-refractivity contribution in [2.24, 2.45) is 4.99 Å². The molecular formula is C21H28N5O3+. The molecule has 29 heavy (non-hydrogen) atoms. The zero-order valence-electron chi connectivity index (χ0n) is 17.4. The third-order valence-electron chi connectivity index (χ3n) is 5.67. The number of nitrogens with zero attached hydrogens (tertiary/aromatic N) is 5. The molecule has 0 bridgehead atoms. The topological polar surface area (TPSA) is 68.5 Å². The molecule has 1 aromatic carbocycles. The van der Waals surface area contributed by atoms with E-state index in [0.717, 1.165) is 24.5 Å². The first kappa shape index (κ1) is 19.7. The van der Waals surface area contributed by atoms with Crippen LogP contribution in [0.1, 0.15) is 19.4 Å². The minimum Gasteiger partial charge on any atom is -0.373 e. The van der Waals surface area contributed by atoms with Crippen LogP contribution >= 0.6 is 0 Å². The van der Waals surface area contributed by atoms with Crippen LogP contribution in [-0.4, -0.2) is 94.9 Å². The van der Waals surface area contributed by atoms with Gasteiger partial charge in [-0.3, -0.25) is 19.5 Å². The lowest BCUT2D eigenvalue weighted by Crippen LogP contribution is -2.61. The van der Waals surface area contributed by atoms with E-state index in [1.807, 2.05) is 34.9 Å². The minimum absolute atomic E-state index is 0.148. The van der Waals surface area contributed by atoms with Gasteiger partial charge in [0.25, 0.3) is 17.8 Å². The van der Waals surface area contributed by atoms with E-state index >= 15 is 0 Å². The van der Waals surface area contributed by atoms with Crippen molar-refractivity contribution in [3.05, 3.63) is 35.9 Å². The highest BCUT2D eigenvalue weighted by Crippen LogP contribution is 2.22. The molecule has 0 aromatic heterocycles. The van der Waals surface area contributed by atoms with Crippen molar-refractivity contribution in [3.63, 3.8) is 0 Å². The summed E-state index contributed by atoms with van der Waals surface area (Å²) in [4.78, 5) is 35.2. The standard InChI is InChI=1S/C21H28N5O3/c1-14-10-25(11-15(2)29-14)13-17-22-19-18(20(27)24(4)21(28)23(19)3)26(17)12-16-8-6-5-7-9-16/h5-9,14-15,18H,10-13H2,1-4H3/q+1. The molecule has 3 heterocycles. The Hall–Kier alpha value is -2.58. The summed E-state index contributed by atoms with van der Waals surface area (Å²) >= 11 is 0. The van der Waals surface area contributed by atoms with Gasteiger partial charge in [-0.05, 0) is 24.4 Å². The summed E-state index contributed by atoms with van der Waals surface area (Å²) in [5.41, 5.74) is 1.10. The molecule has 3 aliphatic rings. The molecule has 4 rings (SSSR count). The Labute approximate surface area is 171 Å². The smallest absolute Gasteiger partial charge is 0.333 e. The number of aliphatic imine (C=N–C) groups is 1. The summed E-state index contributed by atoms with van der Waals surface area (Å²) in [7, 11) is 3.21. The molecule has 3 atom stereocenters. The molecule has 0 spiro atoms. The van der Waals surface area contributed by atoms with Gasteiger partial charge in [0.2, 0.25) is 0 Å². The van der Waals surface area contributed by atoms with Crippen LogP contribution in [0.4, 0.5) is 4.79 Å². The van der Waals surface area contributed by atoms with Crippen LogP contribution in [0, 0.1) is 0 Å². The molecule has 3 amide bonds. The van der Waals surface area contributed by atoms with Crippen molar-refractivity contribution in [1.29, 1.82) is 0 Å². The van der Waals surface area contributed by atoms with Gasteiger partial charge >= 0.3 is 11.9 Å². The summed E-state index contributed by atoms with van der Waals surface area (Å²) in [5, 5.41) is 0. The molecule has 8 heteroatoms. The Morgan fingerprint density at radius 1 is 1.07 bits per heavy atom. The lowest BCUT2D eigenvalue weighted by Gasteiger charge is -2.34. The van der Waals surface area contributed by atoms with Crippen molar-refractivity contribution in [3.8, 4) is 0 Å². The van der Waals surface area contributed by atoms with E-state index in [-0.39, 0.29) is 24.1 Å². The summed E-state index contributed by atoms with van der Waals surface area (Å²) < 4.78 is 7.89. The van der Waals surface area contributed by atoms with Crippen LogP contribution < -0.4 is 0 Å². The summed E-state index contributed by atoms with van der Waals surface area (Å²) in [6, 6.07) is 9.11. The van der Waals surface area contributed by atoms with Gasteiger partial charge in [-0.2, -0.15) is 0 Å². The van der Waals surface area contributed by atoms with Gasteiger partial charge in [-0.25, -0.2) is 9.37 Å². The van der Waals surface area contributed by atoms with Gasteiger partial charge in [-0.15, -0.1) is 0 Å². The molecule has 1 aromatic rings. The SMILES string of the molecule is CC1CN(CC2=[N+](Cc3ccccc3)C3C(=O)N(C)C(=O)N(C)C3=N2)CC(C)O1. The van der Waals surface area contributed by atoms with Gasteiger partial charge in [0.05, 0.1) is 12.2 Å². The third kappa shape index (κ3) is 3.70. The van der Waals surface area contributed by atoms with Crippen molar-refractivity contribution in [1.82, 2.24) is 14.7 Å².